The molecule has 1 N–H and O–H groups in total. The van der Waals surface area contributed by atoms with Crippen molar-refractivity contribution in [1.29, 1.82) is 0 Å². The zero-order valence-corrected chi connectivity index (χ0v) is 9.04. The van der Waals surface area contributed by atoms with E-state index in [9.17, 15) is 8.42 Å². The predicted octanol–water partition coefficient (Wildman–Crippen LogP) is 2.63. The Morgan fingerprint density at radius 1 is 1.15 bits per heavy atom. The third-order valence-electron chi connectivity index (χ3n) is 1.23. The van der Waals surface area contributed by atoms with Crippen LogP contribution in [0.25, 0.3) is 0 Å². The average Bonchev–Trinajstić information content (AvgIpc) is 1.78. The minimum absolute atomic E-state index is 0.208. The molecule has 1 rings (SSSR count). The number of hydrogen-bond acceptors (Lipinski definition) is 3. The van der Waals surface area contributed by atoms with Gasteiger partial charge in [0, 0.05) is 10.7 Å². The van der Waals surface area contributed by atoms with E-state index in [0.717, 1.165) is 12.1 Å². The molecule has 0 spiro atoms. The van der Waals surface area contributed by atoms with Crippen LogP contribution in [0.3, 0.4) is 0 Å². The van der Waals surface area contributed by atoms with Gasteiger partial charge in [-0.3, -0.25) is 0 Å². The summed E-state index contributed by atoms with van der Waals surface area (Å²) >= 11 is 11.0. The number of aromatic hydroxyl groups is 1. The molecule has 1 aromatic carbocycles. The molecule has 0 amide bonds. The van der Waals surface area contributed by atoms with Crippen LogP contribution in [0.5, 0.6) is 5.75 Å². The molecule has 0 radical (unpaired) electrons. The van der Waals surface area contributed by atoms with Crippen LogP contribution in [0.15, 0.2) is 17.0 Å². The summed E-state index contributed by atoms with van der Waals surface area (Å²) in [4.78, 5) is -0.393. The molecule has 0 aliphatic rings. The Morgan fingerprint density at radius 2 is 1.54 bits per heavy atom. The quantitative estimate of drug-likeness (QED) is 0.791. The number of rotatable bonds is 1. The summed E-state index contributed by atoms with van der Waals surface area (Å²) in [5.41, 5.74) is 0. The van der Waals surface area contributed by atoms with Gasteiger partial charge in [-0.2, -0.15) is 0 Å². The van der Waals surface area contributed by atoms with Gasteiger partial charge in [-0.25, -0.2) is 8.42 Å². The van der Waals surface area contributed by atoms with Gasteiger partial charge >= 0.3 is 0 Å². The van der Waals surface area contributed by atoms with E-state index in [-0.39, 0.29) is 15.8 Å². The van der Waals surface area contributed by atoms with Crippen LogP contribution < -0.4 is 0 Å². The molecule has 0 saturated carbocycles. The van der Waals surface area contributed by atoms with E-state index >= 15 is 0 Å². The summed E-state index contributed by atoms with van der Waals surface area (Å²) in [5, 5.41) is 8.56. The van der Waals surface area contributed by atoms with E-state index in [4.69, 9.17) is 39.0 Å². The Labute approximate surface area is 89.3 Å². The first-order valence-electron chi connectivity index (χ1n) is 2.95. The van der Waals surface area contributed by atoms with E-state index in [0.29, 0.717) is 0 Å². The lowest BCUT2D eigenvalue weighted by Crippen LogP contribution is -1.93. The highest BCUT2D eigenvalue weighted by Gasteiger charge is 2.19. The van der Waals surface area contributed by atoms with Gasteiger partial charge in [0.15, 0.2) is 0 Å². The van der Waals surface area contributed by atoms with Gasteiger partial charge < -0.3 is 5.11 Å². The molecule has 0 aliphatic heterocycles. The zero-order valence-electron chi connectivity index (χ0n) is 5.96. The predicted molar refractivity (Wildman–Crippen MR) is 51.2 cm³/mol. The van der Waals surface area contributed by atoms with Crippen LogP contribution in [-0.4, -0.2) is 13.5 Å². The van der Waals surface area contributed by atoms with Gasteiger partial charge in [0.05, 0.1) is 10.0 Å². The van der Waals surface area contributed by atoms with Crippen LogP contribution in [0.4, 0.5) is 0 Å². The normalized spacial score (nSPS) is 11.6. The molecule has 3 nitrogen and oxygen atoms in total. The highest BCUT2D eigenvalue weighted by atomic mass is 35.7. The van der Waals surface area contributed by atoms with E-state index in [1.807, 2.05) is 0 Å². The van der Waals surface area contributed by atoms with Crippen molar-refractivity contribution in [3.8, 4) is 5.75 Å². The van der Waals surface area contributed by atoms with Gasteiger partial charge in [-0.05, 0) is 12.1 Å². The van der Waals surface area contributed by atoms with Crippen LogP contribution in [0.1, 0.15) is 0 Å². The lowest BCUT2D eigenvalue weighted by molar-refractivity contribution is 0.475. The monoisotopic (exact) mass is 260 g/mol. The minimum atomic E-state index is -3.98. The number of hydrogen-bond donors (Lipinski definition) is 1. The fourth-order valence-corrected chi connectivity index (χ4v) is 3.18. The molecule has 7 heteroatoms. The molecular formula is C6H3Cl3O3S. The summed E-state index contributed by atoms with van der Waals surface area (Å²) in [6, 6.07) is 2.09. The van der Waals surface area contributed by atoms with Gasteiger partial charge in [0.2, 0.25) is 0 Å². The molecule has 0 aliphatic carbocycles. The van der Waals surface area contributed by atoms with E-state index < -0.39 is 13.9 Å². The number of phenolic OH excluding ortho intramolecular Hbond substituents is 1. The molecule has 0 saturated heterocycles. The van der Waals surface area contributed by atoms with Crippen molar-refractivity contribution in [2.75, 3.05) is 0 Å². The van der Waals surface area contributed by atoms with Crippen molar-refractivity contribution in [3.05, 3.63) is 22.2 Å². The summed E-state index contributed by atoms with van der Waals surface area (Å²) in [6.07, 6.45) is 0. The van der Waals surface area contributed by atoms with Gasteiger partial charge in [-0.15, -0.1) is 0 Å². The molecule has 0 atom stereocenters. The topological polar surface area (TPSA) is 54.4 Å². The first kappa shape index (κ1) is 10.9. The molecule has 0 heterocycles. The Morgan fingerprint density at radius 3 is 1.85 bits per heavy atom. The van der Waals surface area contributed by atoms with Crippen molar-refractivity contribution in [2.45, 2.75) is 4.90 Å². The van der Waals surface area contributed by atoms with E-state index in [1.165, 1.54) is 0 Å². The molecule has 1 aromatic rings. The Bertz CT molecular complexity index is 417. The average molecular weight is 262 g/mol. The maximum atomic E-state index is 10.9. The van der Waals surface area contributed by atoms with Gasteiger partial charge in [0.1, 0.15) is 10.6 Å². The molecule has 72 valence electrons. The summed E-state index contributed by atoms with van der Waals surface area (Å²) in [7, 11) is 1.06. The zero-order chi connectivity index (χ0) is 10.2. The SMILES string of the molecule is O=S(=O)(Cl)c1c(Cl)cc(O)cc1Cl. The Hall–Kier alpha value is -0.160. The fourth-order valence-electron chi connectivity index (χ4n) is 0.779. The number of halogens is 3. The van der Waals surface area contributed by atoms with Crippen molar-refractivity contribution in [1.82, 2.24) is 0 Å². The van der Waals surface area contributed by atoms with Crippen LogP contribution in [0, 0.1) is 0 Å². The molecule has 0 unspecified atom stereocenters. The highest BCUT2D eigenvalue weighted by molar-refractivity contribution is 8.14. The smallest absolute Gasteiger partial charge is 0.264 e. The Kier molecular flexibility index (Phi) is 2.97. The summed E-state index contributed by atoms with van der Waals surface area (Å²) < 4.78 is 21.8. The maximum absolute atomic E-state index is 10.9. The number of phenols is 1. The second kappa shape index (κ2) is 3.53. The fraction of sp³-hybridized carbons (Fsp3) is 0. The van der Waals surface area contributed by atoms with Crippen LogP contribution >= 0.6 is 33.9 Å². The van der Waals surface area contributed by atoms with Gasteiger partial charge in [0.25, 0.3) is 9.05 Å². The van der Waals surface area contributed by atoms with Crippen molar-refractivity contribution in [3.63, 3.8) is 0 Å². The molecule has 0 bridgehead atoms. The third-order valence-corrected chi connectivity index (χ3v) is 3.44. The first-order valence-corrected chi connectivity index (χ1v) is 6.01. The van der Waals surface area contributed by atoms with Crippen LogP contribution in [0.2, 0.25) is 10.0 Å². The summed E-state index contributed by atoms with van der Waals surface area (Å²) in [5.74, 6) is -0.223. The summed E-state index contributed by atoms with van der Waals surface area (Å²) in [6.45, 7) is 0. The van der Waals surface area contributed by atoms with Crippen molar-refractivity contribution < 1.29 is 13.5 Å². The van der Waals surface area contributed by atoms with E-state index in [1.54, 1.807) is 0 Å². The van der Waals surface area contributed by atoms with Crippen LogP contribution in [-0.2, 0) is 9.05 Å². The molecular weight excluding hydrogens is 258 g/mol. The Balaban J connectivity index is 3.57. The molecule has 0 aromatic heterocycles. The molecule has 0 fully saturated rings. The highest BCUT2D eigenvalue weighted by Crippen LogP contribution is 2.34. The molecule has 13 heavy (non-hydrogen) atoms. The number of benzene rings is 1. The standard InChI is InChI=1S/C6H3Cl3O3S/c7-4-1-3(10)2-5(8)6(4)13(9,11)12/h1-2,10H. The van der Waals surface area contributed by atoms with Crippen molar-refractivity contribution in [2.24, 2.45) is 0 Å². The second-order valence-corrected chi connectivity index (χ2v) is 5.49. The lowest BCUT2D eigenvalue weighted by Gasteiger charge is -2.03. The lowest BCUT2D eigenvalue weighted by atomic mass is 10.3. The van der Waals surface area contributed by atoms with Crippen molar-refractivity contribution >= 4 is 42.9 Å². The minimum Gasteiger partial charge on any atom is -0.508 e. The first-order chi connectivity index (χ1) is 5.82. The largest absolute Gasteiger partial charge is 0.508 e. The van der Waals surface area contributed by atoms with E-state index in [2.05, 4.69) is 0 Å². The maximum Gasteiger partial charge on any atom is 0.264 e. The second-order valence-electron chi connectivity index (χ2n) is 2.18. The van der Waals surface area contributed by atoms with Gasteiger partial charge in [-0.1, -0.05) is 23.2 Å². The third kappa shape index (κ3) is 2.40.